The minimum absolute atomic E-state index is 0.248. The Balaban J connectivity index is 1.50. The number of rotatable bonds is 5. The van der Waals surface area contributed by atoms with Gasteiger partial charge in [-0.3, -0.25) is 0 Å². The number of thiophene rings is 1. The summed E-state index contributed by atoms with van der Waals surface area (Å²) in [6, 6.07) is 2.42. The van der Waals surface area contributed by atoms with E-state index in [9.17, 15) is 5.26 Å². The molecule has 1 unspecified atom stereocenters. The van der Waals surface area contributed by atoms with Crippen LogP contribution in [0.25, 0.3) is 10.9 Å². The third-order valence-corrected chi connectivity index (χ3v) is 7.67. The first-order valence-corrected chi connectivity index (χ1v) is 12.5. The van der Waals surface area contributed by atoms with E-state index < -0.39 is 29.7 Å². The number of hydrogen-bond donors (Lipinski definition) is 0. The molecule has 5 rings (SSSR count). The zero-order valence-corrected chi connectivity index (χ0v) is 19.3. The van der Waals surface area contributed by atoms with Crippen LogP contribution in [0.15, 0.2) is 16.7 Å². The van der Waals surface area contributed by atoms with Crippen molar-refractivity contribution in [2.75, 3.05) is 19.5 Å². The van der Waals surface area contributed by atoms with Crippen molar-refractivity contribution < 1.29 is 23.7 Å². The van der Waals surface area contributed by atoms with E-state index in [1.165, 1.54) is 17.7 Å². The van der Waals surface area contributed by atoms with Crippen molar-refractivity contribution in [3.8, 4) is 6.07 Å². The lowest BCUT2D eigenvalue weighted by Crippen LogP contribution is -2.39. The third kappa shape index (κ3) is 3.66. The second-order valence-corrected chi connectivity index (χ2v) is 10.0. The Kier molecular flexibility index (Phi) is 5.71. The molecule has 0 spiro atoms. The summed E-state index contributed by atoms with van der Waals surface area (Å²) in [5, 5.41) is 14.2. The molecule has 3 fully saturated rings. The van der Waals surface area contributed by atoms with Gasteiger partial charge in [-0.25, -0.2) is 9.97 Å². The zero-order chi connectivity index (χ0) is 21.6. The van der Waals surface area contributed by atoms with Crippen molar-refractivity contribution in [1.82, 2.24) is 9.97 Å². The number of fused-ring (bicyclic) bond motifs is 2. The summed E-state index contributed by atoms with van der Waals surface area (Å²) in [5.74, 6) is -0.826. The molecule has 0 N–H and O–H groups in total. The Labute approximate surface area is 189 Å². The van der Waals surface area contributed by atoms with Gasteiger partial charge < -0.3 is 23.7 Å². The second-order valence-electron chi connectivity index (χ2n) is 8.36. The van der Waals surface area contributed by atoms with E-state index in [1.54, 1.807) is 11.8 Å². The lowest BCUT2D eigenvalue weighted by molar-refractivity contribution is -0.221. The van der Waals surface area contributed by atoms with Gasteiger partial charge in [-0.2, -0.15) is 5.26 Å². The highest BCUT2D eigenvalue weighted by Gasteiger charge is 2.65. The summed E-state index contributed by atoms with van der Waals surface area (Å²) >= 11 is 2.99. The smallest absolute Gasteiger partial charge is 0.220 e. The lowest BCUT2D eigenvalue weighted by Gasteiger charge is -2.29. The Morgan fingerprint density at radius 3 is 2.90 bits per heavy atom. The van der Waals surface area contributed by atoms with Gasteiger partial charge in [0.05, 0.1) is 17.0 Å². The van der Waals surface area contributed by atoms with Crippen molar-refractivity contribution >= 4 is 34.0 Å². The Morgan fingerprint density at radius 1 is 1.29 bits per heavy atom. The molecule has 31 heavy (non-hydrogen) atoms. The van der Waals surface area contributed by atoms with Crippen LogP contribution in [0.5, 0.6) is 0 Å². The Morgan fingerprint density at radius 2 is 2.16 bits per heavy atom. The molecule has 0 aromatic carbocycles. The van der Waals surface area contributed by atoms with Gasteiger partial charge in [0.1, 0.15) is 35.7 Å². The number of hydrogen-bond acceptors (Lipinski definition) is 10. The van der Waals surface area contributed by atoms with E-state index in [1.807, 2.05) is 25.5 Å². The van der Waals surface area contributed by atoms with Crippen LogP contribution < -0.4 is 0 Å². The fraction of sp³-hybridized carbons (Fsp3) is 0.667. The number of nitriles is 1. The largest absolute Gasteiger partial charge is 0.353 e. The van der Waals surface area contributed by atoms with Crippen LogP contribution in [0.2, 0.25) is 0 Å². The molecule has 2 aromatic rings. The molecule has 0 saturated carbocycles. The van der Waals surface area contributed by atoms with E-state index in [0.717, 1.165) is 40.1 Å². The summed E-state index contributed by atoms with van der Waals surface area (Å²) in [5.41, 5.74) is -0.619. The summed E-state index contributed by atoms with van der Waals surface area (Å²) in [7, 11) is 0. The van der Waals surface area contributed by atoms with Crippen LogP contribution in [0.3, 0.4) is 0 Å². The molecule has 0 aliphatic carbocycles. The van der Waals surface area contributed by atoms with Gasteiger partial charge in [-0.15, -0.1) is 23.1 Å². The van der Waals surface area contributed by atoms with Crippen molar-refractivity contribution in [1.29, 1.82) is 5.26 Å². The van der Waals surface area contributed by atoms with Crippen LogP contribution in [0.1, 0.15) is 38.0 Å². The lowest BCUT2D eigenvalue weighted by atomic mass is 9.93. The molecular weight excluding hydrogens is 438 g/mol. The maximum absolute atomic E-state index is 10.4. The minimum Gasteiger partial charge on any atom is -0.353 e. The molecule has 8 nitrogen and oxygen atoms in total. The van der Waals surface area contributed by atoms with Crippen molar-refractivity contribution in [2.45, 2.75) is 74.1 Å². The average Bonchev–Trinajstić information content (AvgIpc) is 3.43. The molecule has 5 heterocycles. The average molecular weight is 464 g/mol. The highest BCUT2D eigenvalue weighted by molar-refractivity contribution is 7.98. The molecular formula is C21H25N3O5S2. The predicted octanol–water partition coefficient (Wildman–Crippen LogP) is 3.59. The molecule has 166 valence electrons. The molecule has 0 amide bonds. The van der Waals surface area contributed by atoms with Gasteiger partial charge in [0.25, 0.3) is 0 Å². The summed E-state index contributed by atoms with van der Waals surface area (Å²) < 4.78 is 30.5. The molecule has 5 atom stereocenters. The first-order chi connectivity index (χ1) is 15.0. The predicted molar refractivity (Wildman–Crippen MR) is 115 cm³/mol. The summed E-state index contributed by atoms with van der Waals surface area (Å²) in [6.07, 6.45) is 4.75. The first-order valence-electron chi connectivity index (χ1n) is 10.4. The number of aromatic nitrogens is 2. The van der Waals surface area contributed by atoms with Crippen LogP contribution in [-0.4, -0.2) is 59.8 Å². The summed E-state index contributed by atoms with van der Waals surface area (Å²) in [4.78, 5) is 9.55. The number of thioether (sulfide) groups is 1. The number of ether oxygens (including phenoxy) is 5. The van der Waals surface area contributed by atoms with Crippen LogP contribution in [0.4, 0.5) is 0 Å². The fourth-order valence-electron chi connectivity index (χ4n) is 4.51. The van der Waals surface area contributed by atoms with Crippen molar-refractivity contribution in [2.24, 2.45) is 0 Å². The van der Waals surface area contributed by atoms with Gasteiger partial charge in [-0.1, -0.05) is 0 Å². The third-order valence-electron chi connectivity index (χ3n) is 5.87. The molecule has 0 bridgehead atoms. The van der Waals surface area contributed by atoms with Gasteiger partial charge in [0, 0.05) is 17.4 Å². The fourth-order valence-corrected chi connectivity index (χ4v) is 6.23. The van der Waals surface area contributed by atoms with E-state index >= 15 is 0 Å². The molecule has 3 saturated heterocycles. The van der Waals surface area contributed by atoms with E-state index in [0.29, 0.717) is 6.61 Å². The topological polar surface area (TPSA) is 95.7 Å². The minimum atomic E-state index is -1.34. The normalized spacial score (nSPS) is 34.6. The van der Waals surface area contributed by atoms with Crippen molar-refractivity contribution in [3.05, 3.63) is 16.6 Å². The molecule has 10 heteroatoms. The van der Waals surface area contributed by atoms with E-state index in [-0.39, 0.29) is 12.9 Å². The first kappa shape index (κ1) is 21.5. The van der Waals surface area contributed by atoms with Gasteiger partial charge in [0.2, 0.25) is 5.60 Å². The Hall–Kier alpha value is -1.32. The second kappa shape index (κ2) is 8.23. The molecule has 0 radical (unpaired) electrons. The van der Waals surface area contributed by atoms with Crippen LogP contribution in [0, 0.1) is 11.3 Å². The zero-order valence-electron chi connectivity index (χ0n) is 17.7. The van der Waals surface area contributed by atoms with Gasteiger partial charge >= 0.3 is 0 Å². The highest BCUT2D eigenvalue weighted by atomic mass is 32.2. The maximum atomic E-state index is 10.4. The monoisotopic (exact) mass is 463 g/mol. The van der Waals surface area contributed by atoms with Crippen LogP contribution in [-0.2, 0) is 29.3 Å². The standard InChI is InChI=1S/C21H25N3O5S2/c1-20(2)28-16-13(8-26-14-6-4-5-7-25-14)27-21(10-22,17(16)29-20)18-15-12(9-31-18)19(30-3)24-11-23-15/h9,11,13-14,16-17H,4-8H2,1-3H3/t13-,14?,16-,17-,21-/m1/s1. The van der Waals surface area contributed by atoms with E-state index in [2.05, 4.69) is 16.0 Å². The van der Waals surface area contributed by atoms with Gasteiger partial charge in [0.15, 0.2) is 12.1 Å². The van der Waals surface area contributed by atoms with Crippen LogP contribution >= 0.6 is 23.1 Å². The maximum Gasteiger partial charge on any atom is 0.220 e. The van der Waals surface area contributed by atoms with Gasteiger partial charge in [-0.05, 0) is 39.4 Å². The van der Waals surface area contributed by atoms with E-state index in [4.69, 9.17) is 23.7 Å². The molecule has 3 aliphatic heterocycles. The summed E-state index contributed by atoms with van der Waals surface area (Å²) in [6.45, 7) is 4.69. The molecule has 2 aromatic heterocycles. The number of nitrogens with zero attached hydrogens (tertiary/aromatic N) is 3. The molecule has 3 aliphatic rings. The van der Waals surface area contributed by atoms with Crippen molar-refractivity contribution in [3.63, 3.8) is 0 Å². The highest BCUT2D eigenvalue weighted by Crippen LogP contribution is 2.52. The Bertz CT molecular complexity index is 1000. The SMILES string of the molecule is CSc1ncnc2c([C@]3(C#N)O[C@H](COC4CCCCO4)[C@H]4OC(C)(C)O[C@H]43)scc12. The quantitative estimate of drug-likeness (QED) is 0.487.